The van der Waals surface area contributed by atoms with Crippen molar-refractivity contribution in [1.29, 1.82) is 0 Å². The van der Waals surface area contributed by atoms with Gasteiger partial charge in [-0.15, -0.1) is 0 Å². The molecule has 0 bridgehead atoms. The number of rotatable bonds is 7. The third-order valence-corrected chi connectivity index (χ3v) is 9.85. The predicted octanol–water partition coefficient (Wildman–Crippen LogP) is 2.16. The van der Waals surface area contributed by atoms with Gasteiger partial charge >= 0.3 is 60.1 Å². The molecule has 0 spiro atoms. The van der Waals surface area contributed by atoms with E-state index in [-0.39, 0.29) is 93.9 Å². The molecule has 3 aliphatic rings. The van der Waals surface area contributed by atoms with E-state index in [9.17, 15) is 39.3 Å². The van der Waals surface area contributed by atoms with Gasteiger partial charge in [0.2, 0.25) is 0 Å². The van der Waals surface area contributed by atoms with Crippen molar-refractivity contribution in [2.45, 2.75) is 111 Å². The zero-order valence-electron chi connectivity index (χ0n) is 42.0. The number of carbonyl (C=O) groups is 6. The first kappa shape index (κ1) is 63.5. The summed E-state index contributed by atoms with van der Waals surface area (Å²) < 4.78 is 29.3. The van der Waals surface area contributed by atoms with Crippen LogP contribution in [0.4, 0.5) is 24.0 Å². The molecule has 3 saturated heterocycles. The Kier molecular flexibility index (Phi) is 29.0. The second-order valence-corrected chi connectivity index (χ2v) is 18.4. The molecule has 22 heteroatoms. The first-order chi connectivity index (χ1) is 32.9. The van der Waals surface area contributed by atoms with E-state index in [4.69, 9.17) is 39.5 Å². The molecule has 3 aliphatic heterocycles. The SMILES string of the molecule is CC(C)(C)OC(=O)OC(=O)OC(C)(C)C.C[C@@H]1CN(C(=O)OCc2ccccc2)C[C@H]1O.C[C@@H]1CN(C(=O)OCc2ccccc2)C[C@H]1O.N[C@@H]1CN(C(=O)OCc2ccccc2)C[C@H]1O.O=CO[O-].[HH].[Na+]. The van der Waals surface area contributed by atoms with E-state index in [0.717, 1.165) is 16.7 Å². The fourth-order valence-corrected chi connectivity index (χ4v) is 6.20. The third kappa shape index (κ3) is 27.0. The van der Waals surface area contributed by atoms with Gasteiger partial charge in [0.05, 0.1) is 44.0 Å². The molecule has 390 valence electrons. The molecule has 3 aromatic rings. The van der Waals surface area contributed by atoms with Crippen molar-refractivity contribution in [3.63, 3.8) is 0 Å². The first-order valence-electron chi connectivity index (χ1n) is 22.4. The van der Waals surface area contributed by atoms with E-state index in [1.54, 1.807) is 51.3 Å². The average molecular weight is 1010 g/mol. The van der Waals surface area contributed by atoms with E-state index >= 15 is 0 Å². The van der Waals surface area contributed by atoms with Crippen molar-refractivity contribution in [2.75, 3.05) is 39.3 Å². The molecule has 0 unspecified atom stereocenters. The molecule has 0 saturated carbocycles. The van der Waals surface area contributed by atoms with Crippen LogP contribution < -0.4 is 40.5 Å². The minimum atomic E-state index is -1.06. The number of nitrogens with two attached hydrogens (primary N) is 1. The Hall–Kier alpha value is -5.52. The summed E-state index contributed by atoms with van der Waals surface area (Å²) in [6.45, 7) is 16.9. The minimum Gasteiger partial charge on any atom is -0.662 e. The summed E-state index contributed by atoms with van der Waals surface area (Å²) in [4.78, 5) is 72.9. The maximum absolute atomic E-state index is 11.7. The summed E-state index contributed by atoms with van der Waals surface area (Å²) in [6, 6.07) is 28.2. The van der Waals surface area contributed by atoms with Crippen LogP contribution in [0.3, 0.4) is 0 Å². The van der Waals surface area contributed by atoms with Gasteiger partial charge in [0.25, 0.3) is 6.47 Å². The zero-order chi connectivity index (χ0) is 52.4. The quantitative estimate of drug-likeness (QED) is 0.0502. The molecule has 71 heavy (non-hydrogen) atoms. The molecule has 3 fully saturated rings. The van der Waals surface area contributed by atoms with Gasteiger partial charge < -0.3 is 74.3 Å². The molecule has 6 rings (SSSR count). The van der Waals surface area contributed by atoms with Crippen LogP contribution in [0.15, 0.2) is 91.0 Å². The van der Waals surface area contributed by atoms with Gasteiger partial charge in [0, 0.05) is 32.9 Å². The van der Waals surface area contributed by atoms with Crippen LogP contribution in [0.2, 0.25) is 0 Å². The predicted molar refractivity (Wildman–Crippen MR) is 252 cm³/mol. The van der Waals surface area contributed by atoms with Crippen LogP contribution >= 0.6 is 0 Å². The molecule has 5 N–H and O–H groups in total. The number of benzene rings is 3. The van der Waals surface area contributed by atoms with Crippen molar-refractivity contribution in [3.8, 4) is 0 Å². The fourth-order valence-electron chi connectivity index (χ4n) is 6.20. The number of carbonyl (C=O) groups excluding carboxylic acids is 6. The summed E-state index contributed by atoms with van der Waals surface area (Å²) in [5.41, 5.74) is 7.09. The number of amides is 3. The van der Waals surface area contributed by atoms with Gasteiger partial charge in [0.15, 0.2) is 0 Å². The molecule has 3 amide bonds. The summed E-state index contributed by atoms with van der Waals surface area (Å²) in [5, 5.41) is 37.0. The normalized spacial score (nSPS) is 19.9. The number of ether oxygens (including phenoxy) is 6. The summed E-state index contributed by atoms with van der Waals surface area (Å²) in [5.74, 6) is 0.249. The van der Waals surface area contributed by atoms with Crippen molar-refractivity contribution >= 4 is 37.1 Å². The number of β-amino-alcohol motifs (C(OH)–C–C–N with tert-alkyl or cyclic N) is 3. The maximum Gasteiger partial charge on any atom is 1.00 e. The Morgan fingerprint density at radius 1 is 0.577 bits per heavy atom. The van der Waals surface area contributed by atoms with Crippen molar-refractivity contribution in [1.82, 2.24) is 14.7 Å². The summed E-state index contributed by atoms with van der Waals surface area (Å²) in [7, 11) is 0. The maximum atomic E-state index is 11.7. The zero-order valence-corrected chi connectivity index (χ0v) is 44.0. The monoisotopic (exact) mass is 1010 g/mol. The molecular weight excluding hydrogens is 940 g/mol. The topological polar surface area (TPSA) is 287 Å². The van der Waals surface area contributed by atoms with Gasteiger partial charge in [-0.2, -0.15) is 0 Å². The molecule has 0 radical (unpaired) electrons. The average Bonchev–Trinajstić information content (AvgIpc) is 3.96. The molecule has 3 aromatic carbocycles. The number of hydrogen-bond acceptors (Lipinski definition) is 18. The number of nitrogens with zero attached hydrogens (tertiary/aromatic N) is 3. The van der Waals surface area contributed by atoms with Crippen molar-refractivity contribution in [3.05, 3.63) is 108 Å². The molecule has 3 heterocycles. The second kappa shape index (κ2) is 32.5. The number of aliphatic hydroxyl groups excluding tert-OH is 3. The van der Waals surface area contributed by atoms with Gasteiger partial charge in [-0.1, -0.05) is 105 Å². The van der Waals surface area contributed by atoms with Crippen LogP contribution in [-0.4, -0.2) is 142 Å². The van der Waals surface area contributed by atoms with Crippen LogP contribution in [0.5, 0.6) is 0 Å². The van der Waals surface area contributed by atoms with Gasteiger partial charge in [-0.25, -0.2) is 24.0 Å². The third-order valence-electron chi connectivity index (χ3n) is 9.85. The number of aliphatic hydroxyl groups is 3. The van der Waals surface area contributed by atoms with Crippen molar-refractivity contribution < 1.29 is 114 Å². The van der Waals surface area contributed by atoms with Crippen LogP contribution in [0.25, 0.3) is 0 Å². The van der Waals surface area contributed by atoms with Gasteiger partial charge in [0.1, 0.15) is 31.0 Å². The fraction of sp³-hybridized carbons (Fsp3) is 0.510. The van der Waals surface area contributed by atoms with E-state index in [2.05, 4.69) is 9.62 Å². The van der Waals surface area contributed by atoms with E-state index in [1.165, 1.54) is 4.90 Å². The smallest absolute Gasteiger partial charge is 0.662 e. The number of likely N-dealkylation sites (tertiary alicyclic amines) is 3. The molecular formula is C49H71N4NaO17. The molecule has 6 atom stereocenters. The summed E-state index contributed by atoms with van der Waals surface area (Å²) >= 11 is 0. The van der Waals surface area contributed by atoms with Gasteiger partial charge in [-0.05, 0) is 58.2 Å². The Labute approximate surface area is 438 Å². The Morgan fingerprint density at radius 2 is 0.859 bits per heavy atom. The molecule has 21 nitrogen and oxygen atoms in total. The van der Waals surface area contributed by atoms with Crippen LogP contribution in [-0.2, 0) is 57.9 Å². The Morgan fingerprint density at radius 3 is 1.08 bits per heavy atom. The van der Waals surface area contributed by atoms with Crippen LogP contribution in [0, 0.1) is 11.8 Å². The molecule has 0 aliphatic carbocycles. The van der Waals surface area contributed by atoms with E-state index in [1.807, 2.05) is 105 Å². The standard InChI is InChI=1S/2C13H17NO3.C12H16N2O3.C10H18O5.CH2O3.Na.H2/c2*1-10-7-14(8-12(10)15)13(16)17-9-11-5-3-2-4-6-11;13-10-6-14(7-11(10)15)12(16)17-8-9-4-2-1-3-5-9;1-9(2,3)14-7(11)13-8(12)15-10(4,5)6;2-1-4-3;;/h2*2-6,10,12,15H,7-9H2,1H3;1-5,10-11,15H,6-8,13H2;1-6H3;1,3H;;1H/q;;;;;+1;/p-1/t2*10-,12-;10-,11-;;;;/m111..../s1. The first-order valence-corrected chi connectivity index (χ1v) is 22.4. The largest absolute Gasteiger partial charge is 1.00 e. The number of hydrogen-bond donors (Lipinski definition) is 4. The summed E-state index contributed by atoms with van der Waals surface area (Å²) in [6.07, 6.45) is -4.76. The second-order valence-electron chi connectivity index (χ2n) is 18.4. The Balaban J connectivity index is 0.000000903. The van der Waals surface area contributed by atoms with Crippen LogP contribution in [0.1, 0.15) is 73.5 Å². The minimum absolute atomic E-state index is 0. The van der Waals surface area contributed by atoms with Gasteiger partial charge in [-0.3, -0.25) is 4.79 Å². The van der Waals surface area contributed by atoms with E-state index in [0.29, 0.717) is 32.7 Å². The van der Waals surface area contributed by atoms with E-state index < -0.39 is 47.9 Å². The molecule has 0 aromatic heterocycles. The Bertz CT molecular complexity index is 1800. The van der Waals surface area contributed by atoms with Crippen molar-refractivity contribution in [2.24, 2.45) is 17.6 Å².